The first-order valence-electron chi connectivity index (χ1n) is 9.46. The first-order chi connectivity index (χ1) is 14.2. The van der Waals surface area contributed by atoms with Crippen LogP contribution in [0.4, 0.5) is 5.82 Å². The number of nitrogens with one attached hydrogen (secondary N) is 1. The first kappa shape index (κ1) is 20.3. The molecule has 1 aromatic carbocycles. The van der Waals surface area contributed by atoms with Crippen molar-refractivity contribution in [2.45, 2.75) is 18.7 Å². The summed E-state index contributed by atoms with van der Waals surface area (Å²) in [5.41, 5.74) is 1.81. The topological polar surface area (TPSA) is 125 Å². The van der Waals surface area contributed by atoms with Crippen molar-refractivity contribution in [1.82, 2.24) is 15.0 Å². The maximum Gasteiger partial charge on any atom is 0.352 e. The Morgan fingerprint density at radius 1 is 1.30 bits per heavy atom. The van der Waals surface area contributed by atoms with Gasteiger partial charge in [0.15, 0.2) is 15.7 Å². The van der Waals surface area contributed by atoms with Crippen LogP contribution in [0.5, 0.6) is 0 Å². The lowest BCUT2D eigenvalue weighted by Gasteiger charge is -2.34. The van der Waals surface area contributed by atoms with Gasteiger partial charge in [-0.1, -0.05) is 12.1 Å². The molecule has 3 aromatic rings. The lowest BCUT2D eigenvalue weighted by atomic mass is 10.1. The highest BCUT2D eigenvalue weighted by Gasteiger charge is 2.22. The highest BCUT2D eigenvalue weighted by Crippen LogP contribution is 2.26. The van der Waals surface area contributed by atoms with E-state index >= 15 is 0 Å². The van der Waals surface area contributed by atoms with E-state index in [9.17, 15) is 18.3 Å². The van der Waals surface area contributed by atoms with E-state index in [4.69, 9.17) is 9.72 Å². The van der Waals surface area contributed by atoms with Gasteiger partial charge in [0.1, 0.15) is 11.5 Å². The lowest BCUT2D eigenvalue weighted by molar-refractivity contribution is 0.0691. The molecule has 0 bridgehead atoms. The number of rotatable bonds is 5. The monoisotopic (exact) mass is 430 g/mol. The highest BCUT2D eigenvalue weighted by molar-refractivity contribution is 7.89. The van der Waals surface area contributed by atoms with Crippen LogP contribution in [0, 0.1) is 0 Å². The molecule has 1 aliphatic rings. The second kappa shape index (κ2) is 7.69. The smallest absolute Gasteiger partial charge is 0.352 e. The molecule has 1 atom stereocenters. The third kappa shape index (κ3) is 4.29. The Morgan fingerprint density at radius 3 is 2.80 bits per heavy atom. The molecule has 0 amide bonds. The molecule has 4 rings (SSSR count). The maximum atomic E-state index is 11.9. The second-order valence-electron chi connectivity index (χ2n) is 7.52. The van der Waals surface area contributed by atoms with Crippen molar-refractivity contribution in [2.24, 2.45) is 0 Å². The van der Waals surface area contributed by atoms with Crippen LogP contribution >= 0.6 is 0 Å². The quantitative estimate of drug-likeness (QED) is 0.630. The van der Waals surface area contributed by atoms with E-state index in [1.165, 1.54) is 6.26 Å². The van der Waals surface area contributed by atoms with Gasteiger partial charge in [-0.25, -0.2) is 23.2 Å². The molecule has 1 saturated heterocycles. The summed E-state index contributed by atoms with van der Waals surface area (Å²) in [4.78, 5) is 25.3. The number of morpholine rings is 1. The molecule has 1 fully saturated rings. The van der Waals surface area contributed by atoms with Crippen molar-refractivity contribution in [3.8, 4) is 11.4 Å². The van der Waals surface area contributed by atoms with Crippen LogP contribution in [0.15, 0.2) is 30.3 Å². The van der Waals surface area contributed by atoms with E-state index in [1.807, 2.05) is 6.92 Å². The number of hydrogen-bond donors (Lipinski definition) is 2. The number of carbonyl (C=O) groups is 1. The number of H-pyrrole nitrogens is 1. The number of anilines is 1. The number of fused-ring (bicyclic) bond motifs is 1. The number of aromatic amines is 1. The largest absolute Gasteiger partial charge is 0.477 e. The number of nitrogens with zero attached hydrogens (tertiary/aromatic N) is 3. The van der Waals surface area contributed by atoms with Gasteiger partial charge in [-0.05, 0) is 19.1 Å². The van der Waals surface area contributed by atoms with Crippen LogP contribution < -0.4 is 4.90 Å². The maximum absolute atomic E-state index is 11.9. The average molecular weight is 430 g/mol. The number of benzene rings is 1. The molecule has 2 aromatic heterocycles. The number of ether oxygens (including phenoxy) is 1. The first-order valence-corrected chi connectivity index (χ1v) is 11.5. The fourth-order valence-electron chi connectivity index (χ4n) is 3.55. The summed E-state index contributed by atoms with van der Waals surface area (Å²) in [6.45, 7) is 3.80. The minimum Gasteiger partial charge on any atom is -0.477 e. The van der Waals surface area contributed by atoms with Gasteiger partial charge in [0.25, 0.3) is 0 Å². The van der Waals surface area contributed by atoms with Gasteiger partial charge in [-0.2, -0.15) is 0 Å². The Hall–Kier alpha value is -2.98. The molecule has 9 nitrogen and oxygen atoms in total. The lowest BCUT2D eigenvalue weighted by Crippen LogP contribution is -2.44. The zero-order valence-electron chi connectivity index (χ0n) is 16.6. The van der Waals surface area contributed by atoms with E-state index < -0.39 is 15.8 Å². The molecule has 2 N–H and O–H groups in total. The van der Waals surface area contributed by atoms with Crippen LogP contribution in [0.25, 0.3) is 22.3 Å². The summed E-state index contributed by atoms with van der Waals surface area (Å²) in [6.07, 6.45) is 1.17. The normalized spacial score (nSPS) is 17.4. The van der Waals surface area contributed by atoms with E-state index in [0.717, 1.165) is 5.39 Å². The third-order valence-corrected chi connectivity index (χ3v) is 5.77. The van der Waals surface area contributed by atoms with E-state index in [0.29, 0.717) is 48.2 Å². The van der Waals surface area contributed by atoms with Crippen molar-refractivity contribution in [3.63, 3.8) is 0 Å². The molecular weight excluding hydrogens is 408 g/mol. The summed E-state index contributed by atoms with van der Waals surface area (Å²) in [5.74, 6) is -0.199. The number of carboxylic acid groups (broad SMARTS) is 1. The molecule has 10 heteroatoms. The van der Waals surface area contributed by atoms with E-state index in [-0.39, 0.29) is 17.5 Å². The Bertz CT molecular complexity index is 1220. The second-order valence-corrected chi connectivity index (χ2v) is 9.66. The minimum absolute atomic E-state index is 0.0941. The Labute approximate surface area is 173 Å². The van der Waals surface area contributed by atoms with Crippen LogP contribution in [0.2, 0.25) is 0 Å². The predicted molar refractivity (Wildman–Crippen MR) is 112 cm³/mol. The van der Waals surface area contributed by atoms with Crippen LogP contribution in [0.1, 0.15) is 23.1 Å². The minimum atomic E-state index is -3.28. The number of carboxylic acids is 1. The Kier molecular flexibility index (Phi) is 5.20. The number of aromatic carboxylic acids is 1. The van der Waals surface area contributed by atoms with Crippen molar-refractivity contribution in [3.05, 3.63) is 41.7 Å². The Balaban J connectivity index is 1.81. The van der Waals surface area contributed by atoms with Gasteiger partial charge in [0, 0.05) is 35.3 Å². The molecule has 0 aliphatic carbocycles. The molecule has 0 saturated carbocycles. The highest BCUT2D eigenvalue weighted by atomic mass is 32.2. The van der Waals surface area contributed by atoms with Crippen molar-refractivity contribution in [1.29, 1.82) is 0 Å². The molecule has 1 aliphatic heterocycles. The van der Waals surface area contributed by atoms with Gasteiger partial charge in [-0.15, -0.1) is 0 Å². The number of hydrogen-bond acceptors (Lipinski definition) is 7. The SMILES string of the molecule is C[C@H]1COCCN1c1cc(CS(C)(=O)=O)nc(-c2ccc3cc(C(=O)O)[nH]c3c2)n1. The summed E-state index contributed by atoms with van der Waals surface area (Å²) in [5, 5.41) is 9.95. The van der Waals surface area contributed by atoms with E-state index in [2.05, 4.69) is 14.9 Å². The standard InChI is InChI=1S/C20H22N4O5S/c1-12-10-29-6-5-24(12)18-9-15(11-30(2,27)28)21-19(23-18)14-4-3-13-7-17(20(25)26)22-16(13)8-14/h3-4,7-9,12,22H,5-6,10-11H2,1-2H3,(H,25,26)/t12-/m0/s1. The van der Waals surface area contributed by atoms with Gasteiger partial charge in [0.2, 0.25) is 0 Å². The van der Waals surface area contributed by atoms with Gasteiger partial charge in [-0.3, -0.25) is 0 Å². The number of aromatic nitrogens is 3. The van der Waals surface area contributed by atoms with Crippen LogP contribution in [-0.2, 0) is 20.3 Å². The zero-order valence-corrected chi connectivity index (χ0v) is 17.4. The third-order valence-electron chi connectivity index (χ3n) is 4.95. The summed E-state index contributed by atoms with van der Waals surface area (Å²) < 4.78 is 29.3. The van der Waals surface area contributed by atoms with E-state index in [1.54, 1.807) is 30.3 Å². The van der Waals surface area contributed by atoms with Crippen LogP contribution in [0.3, 0.4) is 0 Å². The molecule has 158 valence electrons. The average Bonchev–Trinajstić information content (AvgIpc) is 3.10. The molecule has 0 unspecified atom stereocenters. The molecule has 0 radical (unpaired) electrons. The summed E-state index contributed by atoms with van der Waals surface area (Å²) in [6, 6.07) is 8.72. The van der Waals surface area contributed by atoms with Gasteiger partial charge < -0.3 is 19.7 Å². The molecular formula is C20H22N4O5S. The summed E-state index contributed by atoms with van der Waals surface area (Å²) in [7, 11) is -3.28. The summed E-state index contributed by atoms with van der Waals surface area (Å²) >= 11 is 0. The molecule has 30 heavy (non-hydrogen) atoms. The van der Waals surface area contributed by atoms with Gasteiger partial charge in [0.05, 0.1) is 30.7 Å². The predicted octanol–water partition coefficient (Wildman–Crippen LogP) is 2.09. The molecule has 3 heterocycles. The number of sulfone groups is 1. The fraction of sp³-hybridized carbons (Fsp3) is 0.350. The van der Waals surface area contributed by atoms with Crippen molar-refractivity contribution < 1.29 is 23.1 Å². The van der Waals surface area contributed by atoms with Crippen molar-refractivity contribution >= 4 is 32.5 Å². The van der Waals surface area contributed by atoms with Crippen LogP contribution in [-0.4, -0.2) is 66.5 Å². The van der Waals surface area contributed by atoms with Gasteiger partial charge >= 0.3 is 5.97 Å². The Morgan fingerprint density at radius 2 is 2.10 bits per heavy atom. The van der Waals surface area contributed by atoms with Crippen molar-refractivity contribution in [2.75, 3.05) is 30.9 Å². The zero-order chi connectivity index (χ0) is 21.5. The molecule has 0 spiro atoms. The fourth-order valence-corrected chi connectivity index (χ4v) is 4.24.